The summed E-state index contributed by atoms with van der Waals surface area (Å²) in [7, 11) is 1.33. The number of carbonyl (C=O) groups excluding carboxylic acids is 2. The third kappa shape index (κ3) is 3.53. The monoisotopic (exact) mass is 420 g/mol. The third-order valence-electron chi connectivity index (χ3n) is 4.79. The molecule has 1 aliphatic heterocycles. The molecule has 2 amide bonds. The number of rotatable bonds is 5. The number of ether oxygens (including phenoxy) is 1. The van der Waals surface area contributed by atoms with Gasteiger partial charge in [0.25, 0.3) is 11.1 Å². The fourth-order valence-electron chi connectivity index (χ4n) is 3.40. The Kier molecular flexibility index (Phi) is 5.24. The van der Waals surface area contributed by atoms with Crippen LogP contribution in [0.5, 0.6) is 5.75 Å². The van der Waals surface area contributed by atoms with Crippen LogP contribution < -0.4 is 4.74 Å². The highest BCUT2D eigenvalue weighted by atomic mass is 32.2. The summed E-state index contributed by atoms with van der Waals surface area (Å²) in [6, 6.07) is 17.9. The van der Waals surface area contributed by atoms with E-state index in [1.165, 1.54) is 30.2 Å². The van der Waals surface area contributed by atoms with Gasteiger partial charge in [0.2, 0.25) is 5.75 Å². The molecule has 7 nitrogen and oxygen atoms in total. The predicted molar refractivity (Wildman–Crippen MR) is 115 cm³/mol. The third-order valence-corrected chi connectivity index (χ3v) is 5.70. The van der Waals surface area contributed by atoms with E-state index in [0.717, 1.165) is 28.1 Å². The van der Waals surface area contributed by atoms with Crippen molar-refractivity contribution in [1.82, 2.24) is 4.90 Å². The van der Waals surface area contributed by atoms with E-state index in [9.17, 15) is 19.7 Å². The van der Waals surface area contributed by atoms with Crippen molar-refractivity contribution in [3.8, 4) is 5.75 Å². The van der Waals surface area contributed by atoms with Crippen LogP contribution >= 0.6 is 11.8 Å². The van der Waals surface area contributed by atoms with Gasteiger partial charge in [0.1, 0.15) is 0 Å². The lowest BCUT2D eigenvalue weighted by Gasteiger charge is -2.14. The number of nitro benzene ring substituents is 1. The molecule has 1 saturated heterocycles. The second-order valence-electron chi connectivity index (χ2n) is 6.56. The highest BCUT2D eigenvalue weighted by Gasteiger charge is 2.35. The highest BCUT2D eigenvalue weighted by molar-refractivity contribution is 8.18. The smallest absolute Gasteiger partial charge is 0.311 e. The molecule has 0 atom stereocenters. The minimum atomic E-state index is -0.553. The molecule has 8 heteroatoms. The summed E-state index contributed by atoms with van der Waals surface area (Å²) in [5.74, 6) is -0.394. The van der Waals surface area contributed by atoms with Crippen molar-refractivity contribution in [3.63, 3.8) is 0 Å². The molecule has 0 bridgehead atoms. The molecule has 0 unspecified atom stereocenters. The number of hydrogen-bond donors (Lipinski definition) is 0. The average molecular weight is 420 g/mol. The molecule has 3 aromatic rings. The molecule has 30 heavy (non-hydrogen) atoms. The van der Waals surface area contributed by atoms with Gasteiger partial charge in [-0.2, -0.15) is 0 Å². The van der Waals surface area contributed by atoms with Crippen molar-refractivity contribution in [2.75, 3.05) is 7.11 Å². The topological polar surface area (TPSA) is 89.8 Å². The number of fused-ring (bicyclic) bond motifs is 1. The van der Waals surface area contributed by atoms with E-state index in [1.807, 2.05) is 42.5 Å². The van der Waals surface area contributed by atoms with Gasteiger partial charge in [-0.25, -0.2) is 0 Å². The Bertz CT molecular complexity index is 1220. The number of hydrogen-bond acceptors (Lipinski definition) is 6. The molecule has 0 aromatic heterocycles. The Morgan fingerprint density at radius 1 is 1.07 bits per heavy atom. The Hall–Kier alpha value is -3.65. The summed E-state index contributed by atoms with van der Waals surface area (Å²) >= 11 is 0.808. The number of nitrogens with zero attached hydrogens (tertiary/aromatic N) is 2. The van der Waals surface area contributed by atoms with Crippen molar-refractivity contribution in [1.29, 1.82) is 0 Å². The van der Waals surface area contributed by atoms with Gasteiger partial charge in [0.05, 0.1) is 23.5 Å². The summed E-state index contributed by atoms with van der Waals surface area (Å²) in [6.07, 6.45) is 1.46. The van der Waals surface area contributed by atoms with Crippen molar-refractivity contribution in [3.05, 3.63) is 86.8 Å². The first kappa shape index (κ1) is 19.7. The molecule has 0 aliphatic carbocycles. The number of imide groups is 1. The quantitative estimate of drug-likeness (QED) is 0.328. The molecule has 4 rings (SSSR count). The number of thioether (sulfide) groups is 1. The number of carbonyl (C=O) groups is 2. The van der Waals surface area contributed by atoms with Crippen LogP contribution in [-0.4, -0.2) is 28.1 Å². The lowest BCUT2D eigenvalue weighted by atomic mass is 10.0. The van der Waals surface area contributed by atoms with Crippen LogP contribution in [0.3, 0.4) is 0 Å². The predicted octanol–water partition coefficient (Wildman–Crippen LogP) is 4.99. The van der Waals surface area contributed by atoms with E-state index in [1.54, 1.807) is 6.07 Å². The van der Waals surface area contributed by atoms with E-state index in [0.29, 0.717) is 5.56 Å². The Morgan fingerprint density at radius 2 is 1.80 bits per heavy atom. The maximum absolute atomic E-state index is 12.9. The molecule has 0 radical (unpaired) electrons. The van der Waals surface area contributed by atoms with Gasteiger partial charge in [-0.05, 0) is 34.2 Å². The SMILES string of the molecule is COc1c(/C=C2\SC(=O)N(Cc3cccc4ccccc34)C2=O)cccc1[N+](=O)[O-]. The van der Waals surface area contributed by atoms with E-state index in [4.69, 9.17) is 4.74 Å². The summed E-state index contributed by atoms with van der Waals surface area (Å²) in [6.45, 7) is 0.148. The standard InChI is InChI=1S/C22H16N2O5S/c1-29-20-15(8-5-11-18(20)24(27)28)12-19-21(25)23(22(26)30-19)13-16-9-4-7-14-6-2-3-10-17(14)16/h2-12H,13H2,1H3/b19-12-. The molecular weight excluding hydrogens is 404 g/mol. The molecule has 0 saturated carbocycles. The van der Waals surface area contributed by atoms with Gasteiger partial charge in [-0.3, -0.25) is 24.6 Å². The minimum Gasteiger partial charge on any atom is -0.490 e. The van der Waals surface area contributed by atoms with Crippen molar-refractivity contribution in [2.24, 2.45) is 0 Å². The number of para-hydroxylation sites is 1. The largest absolute Gasteiger partial charge is 0.490 e. The number of methoxy groups -OCH3 is 1. The van der Waals surface area contributed by atoms with Crippen molar-refractivity contribution in [2.45, 2.75) is 6.54 Å². The Balaban J connectivity index is 1.67. The lowest BCUT2D eigenvalue weighted by molar-refractivity contribution is -0.385. The average Bonchev–Trinajstić information content (AvgIpc) is 3.01. The maximum Gasteiger partial charge on any atom is 0.311 e. The molecular formula is C22H16N2O5S. The molecule has 1 aliphatic rings. The second-order valence-corrected chi connectivity index (χ2v) is 7.56. The summed E-state index contributed by atoms with van der Waals surface area (Å²) < 4.78 is 5.18. The number of amides is 2. The fraction of sp³-hybridized carbons (Fsp3) is 0.0909. The van der Waals surface area contributed by atoms with Gasteiger partial charge in [0.15, 0.2) is 0 Å². The zero-order valence-electron chi connectivity index (χ0n) is 15.9. The van der Waals surface area contributed by atoms with Crippen LogP contribution in [0.15, 0.2) is 65.6 Å². The molecule has 0 spiro atoms. The van der Waals surface area contributed by atoms with E-state index in [2.05, 4.69) is 0 Å². The van der Waals surface area contributed by atoms with Crippen LogP contribution in [0.1, 0.15) is 11.1 Å². The van der Waals surface area contributed by atoms with Gasteiger partial charge in [0, 0.05) is 11.6 Å². The highest BCUT2D eigenvalue weighted by Crippen LogP contribution is 2.38. The lowest BCUT2D eigenvalue weighted by Crippen LogP contribution is -2.27. The van der Waals surface area contributed by atoms with Gasteiger partial charge in [-0.1, -0.05) is 54.6 Å². The number of benzene rings is 3. The normalized spacial score (nSPS) is 15.2. The van der Waals surface area contributed by atoms with Gasteiger partial charge in [-0.15, -0.1) is 0 Å². The molecule has 1 fully saturated rings. The van der Waals surface area contributed by atoms with E-state index >= 15 is 0 Å². The first-order valence-electron chi connectivity index (χ1n) is 9.03. The summed E-state index contributed by atoms with van der Waals surface area (Å²) in [5, 5.41) is 12.8. The van der Waals surface area contributed by atoms with Gasteiger partial charge >= 0.3 is 5.69 Å². The van der Waals surface area contributed by atoms with Crippen molar-refractivity contribution >= 4 is 45.4 Å². The second kappa shape index (κ2) is 8.00. The molecule has 0 N–H and O–H groups in total. The van der Waals surface area contributed by atoms with Crippen LogP contribution in [0.4, 0.5) is 10.5 Å². The molecule has 1 heterocycles. The molecule has 150 valence electrons. The Labute approximate surface area is 176 Å². The first-order chi connectivity index (χ1) is 14.5. The van der Waals surface area contributed by atoms with E-state index < -0.39 is 10.8 Å². The maximum atomic E-state index is 12.9. The zero-order chi connectivity index (χ0) is 21.3. The zero-order valence-corrected chi connectivity index (χ0v) is 16.7. The van der Waals surface area contributed by atoms with Crippen LogP contribution in [0.25, 0.3) is 16.8 Å². The first-order valence-corrected chi connectivity index (χ1v) is 9.84. The van der Waals surface area contributed by atoms with Gasteiger partial charge < -0.3 is 4.74 Å². The van der Waals surface area contributed by atoms with Crippen molar-refractivity contribution < 1.29 is 19.2 Å². The van der Waals surface area contributed by atoms with Crippen LogP contribution in [0.2, 0.25) is 0 Å². The van der Waals surface area contributed by atoms with Crippen LogP contribution in [0, 0.1) is 10.1 Å². The van der Waals surface area contributed by atoms with E-state index in [-0.39, 0.29) is 28.1 Å². The summed E-state index contributed by atoms with van der Waals surface area (Å²) in [4.78, 5) is 37.5. The Morgan fingerprint density at radius 3 is 2.57 bits per heavy atom. The number of nitro groups is 1. The van der Waals surface area contributed by atoms with Crippen LogP contribution in [-0.2, 0) is 11.3 Å². The fourth-order valence-corrected chi connectivity index (χ4v) is 4.23. The summed E-state index contributed by atoms with van der Waals surface area (Å²) in [5.41, 5.74) is 1.02. The molecule has 3 aromatic carbocycles. The minimum absolute atomic E-state index is 0.0448.